The lowest BCUT2D eigenvalue weighted by Gasteiger charge is -2.02. The molecule has 0 amide bonds. The van der Waals surface area contributed by atoms with Crippen molar-refractivity contribution in [3.8, 4) is 11.1 Å². The Kier molecular flexibility index (Phi) is 9.92. The van der Waals surface area contributed by atoms with Crippen molar-refractivity contribution < 1.29 is 0 Å². The maximum Gasteiger partial charge on any atom is 0.0412 e. The van der Waals surface area contributed by atoms with Gasteiger partial charge in [0, 0.05) is 5.02 Å². The van der Waals surface area contributed by atoms with Crippen LogP contribution in [0.15, 0.2) is 48.5 Å². The molecule has 0 radical (unpaired) electrons. The molecule has 0 spiro atoms. The fourth-order valence-corrected chi connectivity index (χ4v) is 1.68. The van der Waals surface area contributed by atoms with Crippen LogP contribution in [0.4, 0.5) is 0 Å². The minimum Gasteiger partial charge on any atom is -0.0843 e. The van der Waals surface area contributed by atoms with Gasteiger partial charge in [0.2, 0.25) is 0 Å². The largest absolute Gasteiger partial charge is 0.0843 e. The van der Waals surface area contributed by atoms with Crippen molar-refractivity contribution in [1.82, 2.24) is 0 Å². The van der Waals surface area contributed by atoms with Gasteiger partial charge in [-0.3, -0.25) is 0 Å². The highest BCUT2D eigenvalue weighted by Crippen LogP contribution is 2.23. The smallest absolute Gasteiger partial charge is 0.0412 e. The first kappa shape index (κ1) is 17.7. The first-order valence-corrected chi connectivity index (χ1v) is 7.37. The van der Waals surface area contributed by atoms with Crippen LogP contribution in [0.5, 0.6) is 0 Å². The lowest BCUT2D eigenvalue weighted by molar-refractivity contribution is 1.09. The van der Waals surface area contributed by atoms with Crippen molar-refractivity contribution in [2.75, 3.05) is 0 Å². The minimum atomic E-state index is 0.781. The van der Waals surface area contributed by atoms with E-state index in [0.29, 0.717) is 0 Å². The SMILES string of the molecule is CC.CCC.Cc1cccc(-c2cccc(Cl)c2)c1. The Morgan fingerprint density at radius 3 is 1.79 bits per heavy atom. The third kappa shape index (κ3) is 7.03. The Morgan fingerprint density at radius 1 is 0.842 bits per heavy atom. The summed E-state index contributed by atoms with van der Waals surface area (Å²) in [7, 11) is 0. The van der Waals surface area contributed by atoms with Gasteiger partial charge in [0.1, 0.15) is 0 Å². The van der Waals surface area contributed by atoms with Crippen molar-refractivity contribution in [1.29, 1.82) is 0 Å². The van der Waals surface area contributed by atoms with Gasteiger partial charge in [-0.1, -0.05) is 87.7 Å². The molecule has 0 fully saturated rings. The van der Waals surface area contributed by atoms with E-state index in [4.69, 9.17) is 11.6 Å². The van der Waals surface area contributed by atoms with E-state index in [1.54, 1.807) is 0 Å². The minimum absolute atomic E-state index is 0.781. The molecule has 2 rings (SSSR count). The number of rotatable bonds is 1. The predicted molar refractivity (Wildman–Crippen MR) is 88.9 cm³/mol. The molecule has 0 aliphatic heterocycles. The number of hydrogen-bond donors (Lipinski definition) is 0. The van der Waals surface area contributed by atoms with Crippen LogP contribution in [-0.2, 0) is 0 Å². The second kappa shape index (κ2) is 10.6. The van der Waals surface area contributed by atoms with E-state index in [2.05, 4.69) is 51.1 Å². The van der Waals surface area contributed by atoms with Gasteiger partial charge in [-0.15, -0.1) is 0 Å². The quantitative estimate of drug-likeness (QED) is 0.540. The van der Waals surface area contributed by atoms with Crippen molar-refractivity contribution in [2.24, 2.45) is 0 Å². The molecule has 0 unspecified atom stereocenters. The lowest BCUT2D eigenvalue weighted by atomic mass is 10.0. The fourth-order valence-electron chi connectivity index (χ4n) is 1.49. The summed E-state index contributed by atoms with van der Waals surface area (Å²) in [5.41, 5.74) is 3.65. The molecule has 0 saturated heterocycles. The Labute approximate surface area is 123 Å². The second-order valence-corrected chi connectivity index (χ2v) is 4.52. The zero-order valence-corrected chi connectivity index (χ0v) is 13.5. The molecule has 0 bridgehead atoms. The van der Waals surface area contributed by atoms with Gasteiger partial charge < -0.3 is 0 Å². The molecule has 0 aliphatic rings. The molecule has 0 nitrogen and oxygen atoms in total. The molecular formula is C18H25Cl. The standard InChI is InChI=1S/C13H11Cl.C3H8.C2H6/c1-10-4-2-5-11(8-10)12-6-3-7-13(14)9-12;1-3-2;1-2/h2-9H,1H3;3H2,1-2H3;1-2H3. The van der Waals surface area contributed by atoms with Gasteiger partial charge >= 0.3 is 0 Å². The molecule has 0 aliphatic carbocycles. The molecule has 0 N–H and O–H groups in total. The molecule has 0 saturated carbocycles. The van der Waals surface area contributed by atoms with E-state index < -0.39 is 0 Å². The second-order valence-electron chi connectivity index (χ2n) is 4.09. The molecule has 104 valence electrons. The van der Waals surface area contributed by atoms with Gasteiger partial charge in [0.25, 0.3) is 0 Å². The lowest BCUT2D eigenvalue weighted by Crippen LogP contribution is -1.78. The number of hydrogen-bond acceptors (Lipinski definition) is 0. The van der Waals surface area contributed by atoms with Crippen LogP contribution in [0.25, 0.3) is 11.1 Å². The van der Waals surface area contributed by atoms with E-state index >= 15 is 0 Å². The Morgan fingerprint density at radius 2 is 1.32 bits per heavy atom. The first-order valence-electron chi connectivity index (χ1n) is 7.00. The third-order valence-corrected chi connectivity index (χ3v) is 2.41. The van der Waals surface area contributed by atoms with E-state index in [9.17, 15) is 0 Å². The molecule has 0 atom stereocenters. The molecule has 0 aromatic heterocycles. The molecule has 19 heavy (non-hydrogen) atoms. The van der Waals surface area contributed by atoms with Gasteiger partial charge in [-0.25, -0.2) is 0 Å². The number of halogens is 1. The zero-order chi connectivity index (χ0) is 14.7. The molecule has 2 aromatic rings. The van der Waals surface area contributed by atoms with Crippen LogP contribution in [0.1, 0.15) is 39.7 Å². The van der Waals surface area contributed by atoms with E-state index in [-0.39, 0.29) is 0 Å². The summed E-state index contributed by atoms with van der Waals surface area (Å²) in [6, 6.07) is 16.3. The molecule has 1 heteroatoms. The summed E-state index contributed by atoms with van der Waals surface area (Å²) >= 11 is 5.93. The Balaban J connectivity index is 0.000000573. The van der Waals surface area contributed by atoms with Crippen molar-refractivity contribution in [2.45, 2.75) is 41.0 Å². The Hall–Kier alpha value is -1.27. The van der Waals surface area contributed by atoms with E-state index in [0.717, 1.165) is 5.02 Å². The van der Waals surface area contributed by atoms with Gasteiger partial charge in [0.05, 0.1) is 0 Å². The first-order chi connectivity index (χ1) is 9.17. The highest BCUT2D eigenvalue weighted by Gasteiger charge is 1.97. The molecule has 0 heterocycles. The summed E-state index contributed by atoms with van der Waals surface area (Å²) in [4.78, 5) is 0. The van der Waals surface area contributed by atoms with Gasteiger partial charge in [-0.2, -0.15) is 0 Å². The normalized spacial score (nSPS) is 8.74. The summed E-state index contributed by atoms with van der Waals surface area (Å²) in [5, 5.41) is 0.781. The summed E-state index contributed by atoms with van der Waals surface area (Å²) in [6.45, 7) is 10.3. The molecule has 2 aromatic carbocycles. The predicted octanol–water partition coefficient (Wildman–Crippen LogP) is 6.76. The topological polar surface area (TPSA) is 0 Å². The summed E-state index contributed by atoms with van der Waals surface area (Å²) in [5.74, 6) is 0. The van der Waals surface area contributed by atoms with Crippen LogP contribution in [0.3, 0.4) is 0 Å². The monoisotopic (exact) mass is 276 g/mol. The Bertz CT molecular complexity index is 417. The van der Waals surface area contributed by atoms with Crippen LogP contribution < -0.4 is 0 Å². The van der Waals surface area contributed by atoms with Crippen molar-refractivity contribution in [3.05, 3.63) is 59.1 Å². The highest BCUT2D eigenvalue weighted by molar-refractivity contribution is 6.30. The van der Waals surface area contributed by atoms with E-state index in [1.807, 2.05) is 32.0 Å². The van der Waals surface area contributed by atoms with Crippen LogP contribution in [0.2, 0.25) is 5.02 Å². The maximum absolute atomic E-state index is 5.93. The third-order valence-electron chi connectivity index (χ3n) is 2.18. The van der Waals surface area contributed by atoms with Crippen LogP contribution in [0, 0.1) is 6.92 Å². The van der Waals surface area contributed by atoms with Gasteiger partial charge in [0.15, 0.2) is 0 Å². The number of aryl methyl sites for hydroxylation is 1. The van der Waals surface area contributed by atoms with Gasteiger partial charge in [-0.05, 0) is 30.2 Å². The fraction of sp³-hybridized carbons (Fsp3) is 0.333. The van der Waals surface area contributed by atoms with Crippen LogP contribution >= 0.6 is 11.6 Å². The van der Waals surface area contributed by atoms with Crippen molar-refractivity contribution >= 4 is 11.6 Å². The highest BCUT2D eigenvalue weighted by atomic mass is 35.5. The van der Waals surface area contributed by atoms with Crippen molar-refractivity contribution in [3.63, 3.8) is 0 Å². The van der Waals surface area contributed by atoms with E-state index in [1.165, 1.54) is 23.1 Å². The summed E-state index contributed by atoms with van der Waals surface area (Å²) in [6.07, 6.45) is 1.25. The number of benzene rings is 2. The summed E-state index contributed by atoms with van der Waals surface area (Å²) < 4.78 is 0. The maximum atomic E-state index is 5.93. The average Bonchev–Trinajstić information content (AvgIpc) is 2.42. The van der Waals surface area contributed by atoms with Crippen LogP contribution in [-0.4, -0.2) is 0 Å². The average molecular weight is 277 g/mol. The molecular weight excluding hydrogens is 252 g/mol. The zero-order valence-electron chi connectivity index (χ0n) is 12.7.